The van der Waals surface area contributed by atoms with E-state index in [-0.39, 0.29) is 6.17 Å². The van der Waals surface area contributed by atoms with Gasteiger partial charge in [-0.05, 0) is 23.8 Å². The maximum atomic E-state index is 3.58. The van der Waals surface area contributed by atoms with Crippen LogP contribution in [0.5, 0.6) is 0 Å². The van der Waals surface area contributed by atoms with Gasteiger partial charge in [-0.15, -0.1) is 10.2 Å². The van der Waals surface area contributed by atoms with Crippen LogP contribution in [0.4, 0.5) is 0 Å². The fourth-order valence-corrected chi connectivity index (χ4v) is 0.304. The molecule has 0 aromatic carbocycles. The molecule has 0 amide bonds. The van der Waals surface area contributed by atoms with Gasteiger partial charge in [-0.3, -0.25) is 0 Å². The molecule has 1 aliphatic heterocycles. The van der Waals surface area contributed by atoms with Crippen LogP contribution in [0.25, 0.3) is 0 Å². The van der Waals surface area contributed by atoms with Crippen molar-refractivity contribution in [2.75, 3.05) is 0 Å². The van der Waals surface area contributed by atoms with E-state index in [0.717, 1.165) is 0 Å². The van der Waals surface area contributed by atoms with Crippen molar-refractivity contribution in [2.45, 2.75) is 12.6 Å². The normalized spacial score (nSPS) is 19.0. The van der Waals surface area contributed by atoms with Gasteiger partial charge in [0.2, 0.25) is 0 Å². The third kappa shape index (κ3) is 0.792. The molecular formula is C3H5N4. The third-order valence-corrected chi connectivity index (χ3v) is 0.668. The molecule has 0 atom stereocenters. The second-order valence-corrected chi connectivity index (χ2v) is 1.18. The number of rotatable bonds is 1. The summed E-state index contributed by atoms with van der Waals surface area (Å²) in [4.78, 5) is 0. The molecule has 1 aliphatic rings. The van der Waals surface area contributed by atoms with E-state index in [0.29, 0.717) is 6.42 Å². The standard InChI is InChI=1S/C3H5N4/c1-2-3-4-6-7-5-3/h3H,1-2H2. The Morgan fingerprint density at radius 3 is 2.14 bits per heavy atom. The van der Waals surface area contributed by atoms with E-state index in [1.54, 1.807) is 0 Å². The lowest BCUT2D eigenvalue weighted by molar-refractivity contribution is 0.712. The quantitative estimate of drug-likeness (QED) is 0.474. The maximum Gasteiger partial charge on any atom is 0.185 e. The van der Waals surface area contributed by atoms with Gasteiger partial charge in [0.05, 0.1) is 0 Å². The fraction of sp³-hybridized carbons (Fsp3) is 0.667. The molecule has 1 heterocycles. The molecule has 37 valence electrons. The summed E-state index contributed by atoms with van der Waals surface area (Å²) in [5, 5.41) is 13.7. The van der Waals surface area contributed by atoms with E-state index in [1.807, 2.05) is 0 Å². The second-order valence-electron chi connectivity index (χ2n) is 1.18. The molecule has 4 nitrogen and oxygen atoms in total. The van der Waals surface area contributed by atoms with Crippen LogP contribution in [0, 0.1) is 6.92 Å². The number of nitrogens with zero attached hydrogens (tertiary/aromatic N) is 4. The topological polar surface area (TPSA) is 49.4 Å². The fourth-order valence-electron chi connectivity index (χ4n) is 0.304. The largest absolute Gasteiger partial charge is 0.185 e. The van der Waals surface area contributed by atoms with Gasteiger partial charge in [-0.1, -0.05) is 0 Å². The molecule has 0 aromatic heterocycles. The maximum absolute atomic E-state index is 3.58. The van der Waals surface area contributed by atoms with Gasteiger partial charge >= 0.3 is 0 Å². The highest BCUT2D eigenvalue weighted by molar-refractivity contribution is 4.61. The van der Waals surface area contributed by atoms with Crippen molar-refractivity contribution >= 4 is 0 Å². The van der Waals surface area contributed by atoms with Gasteiger partial charge in [-0.2, -0.15) is 0 Å². The minimum absolute atomic E-state index is 0.0972. The summed E-state index contributed by atoms with van der Waals surface area (Å²) in [6.45, 7) is 3.56. The van der Waals surface area contributed by atoms with Gasteiger partial charge in [0.25, 0.3) is 0 Å². The molecule has 0 saturated carbocycles. The lowest BCUT2D eigenvalue weighted by Gasteiger charge is -1.87. The molecule has 0 fully saturated rings. The Morgan fingerprint density at radius 1 is 1.29 bits per heavy atom. The van der Waals surface area contributed by atoms with Crippen LogP contribution in [-0.2, 0) is 0 Å². The Labute approximate surface area is 41.3 Å². The molecule has 0 aromatic rings. The van der Waals surface area contributed by atoms with E-state index < -0.39 is 0 Å². The van der Waals surface area contributed by atoms with Crippen LogP contribution in [-0.4, -0.2) is 6.17 Å². The van der Waals surface area contributed by atoms with Crippen molar-refractivity contribution < 1.29 is 0 Å². The highest BCUT2D eigenvalue weighted by atomic mass is 15.6. The van der Waals surface area contributed by atoms with Crippen LogP contribution in [0.15, 0.2) is 20.7 Å². The van der Waals surface area contributed by atoms with E-state index in [4.69, 9.17) is 0 Å². The molecular weight excluding hydrogens is 92.1 g/mol. The van der Waals surface area contributed by atoms with Gasteiger partial charge in [0, 0.05) is 0 Å². The highest BCUT2D eigenvalue weighted by Gasteiger charge is 2.02. The van der Waals surface area contributed by atoms with Crippen molar-refractivity contribution in [2.24, 2.45) is 20.7 Å². The molecule has 0 aliphatic carbocycles. The molecule has 7 heavy (non-hydrogen) atoms. The Kier molecular flexibility index (Phi) is 1.10. The average molecular weight is 97.1 g/mol. The molecule has 0 spiro atoms. The van der Waals surface area contributed by atoms with E-state index >= 15 is 0 Å². The molecule has 4 heteroatoms. The predicted octanol–water partition coefficient (Wildman–Crippen LogP) is 1.37. The Balaban J connectivity index is 2.44. The molecule has 1 rings (SSSR count). The third-order valence-electron chi connectivity index (χ3n) is 0.668. The zero-order valence-electron chi connectivity index (χ0n) is 3.78. The van der Waals surface area contributed by atoms with Crippen molar-refractivity contribution in [3.05, 3.63) is 6.92 Å². The molecule has 1 radical (unpaired) electrons. The van der Waals surface area contributed by atoms with Crippen molar-refractivity contribution in [3.8, 4) is 0 Å². The molecule has 0 N–H and O–H groups in total. The first-order valence-corrected chi connectivity index (χ1v) is 2.02. The second kappa shape index (κ2) is 1.77. The monoisotopic (exact) mass is 97.1 g/mol. The molecule has 0 bridgehead atoms. The van der Waals surface area contributed by atoms with Crippen LogP contribution < -0.4 is 0 Å². The van der Waals surface area contributed by atoms with E-state index in [9.17, 15) is 0 Å². The summed E-state index contributed by atoms with van der Waals surface area (Å²) in [7, 11) is 0. The molecule has 0 saturated heterocycles. The van der Waals surface area contributed by atoms with Crippen LogP contribution in [0.2, 0.25) is 0 Å². The SMILES string of the molecule is [CH2]CC1N=NN=N1. The number of hydrogen-bond acceptors (Lipinski definition) is 4. The van der Waals surface area contributed by atoms with Crippen molar-refractivity contribution in [1.29, 1.82) is 0 Å². The van der Waals surface area contributed by atoms with Gasteiger partial charge in [-0.25, -0.2) is 0 Å². The van der Waals surface area contributed by atoms with Gasteiger partial charge < -0.3 is 0 Å². The Morgan fingerprint density at radius 2 is 1.86 bits per heavy atom. The summed E-state index contributed by atoms with van der Waals surface area (Å²) in [5.41, 5.74) is 0. The van der Waals surface area contributed by atoms with E-state index in [2.05, 4.69) is 27.6 Å². The number of hydrogen-bond donors (Lipinski definition) is 0. The minimum Gasteiger partial charge on any atom is -0.138 e. The smallest absolute Gasteiger partial charge is 0.138 e. The van der Waals surface area contributed by atoms with Gasteiger partial charge in [0.15, 0.2) is 6.17 Å². The average Bonchev–Trinajstić information content (AvgIpc) is 2.14. The summed E-state index contributed by atoms with van der Waals surface area (Å²) in [6, 6.07) is 0. The van der Waals surface area contributed by atoms with Gasteiger partial charge in [0.1, 0.15) is 0 Å². The summed E-state index contributed by atoms with van der Waals surface area (Å²) in [6.07, 6.45) is 0.549. The lowest BCUT2D eigenvalue weighted by Crippen LogP contribution is -1.90. The van der Waals surface area contributed by atoms with Crippen molar-refractivity contribution in [3.63, 3.8) is 0 Å². The highest BCUT2D eigenvalue weighted by Crippen LogP contribution is 2.06. The van der Waals surface area contributed by atoms with Crippen LogP contribution in [0.1, 0.15) is 6.42 Å². The zero-order chi connectivity index (χ0) is 5.11. The van der Waals surface area contributed by atoms with E-state index in [1.165, 1.54) is 0 Å². The summed E-state index contributed by atoms with van der Waals surface area (Å²) < 4.78 is 0. The molecule has 0 unspecified atom stereocenters. The first kappa shape index (κ1) is 4.36. The summed E-state index contributed by atoms with van der Waals surface area (Å²) in [5.74, 6) is 0. The summed E-state index contributed by atoms with van der Waals surface area (Å²) >= 11 is 0. The Hall–Kier alpha value is -0.800. The Bertz CT molecular complexity index is 93.5. The zero-order valence-corrected chi connectivity index (χ0v) is 3.78. The first-order valence-electron chi connectivity index (χ1n) is 2.02. The van der Waals surface area contributed by atoms with Crippen LogP contribution >= 0.6 is 0 Å². The lowest BCUT2D eigenvalue weighted by atomic mass is 10.4. The minimum atomic E-state index is -0.0972. The van der Waals surface area contributed by atoms with Crippen LogP contribution in [0.3, 0.4) is 0 Å². The first-order chi connectivity index (χ1) is 3.43. The predicted molar refractivity (Wildman–Crippen MR) is 23.5 cm³/mol. The van der Waals surface area contributed by atoms with Crippen molar-refractivity contribution in [1.82, 2.24) is 0 Å².